The first-order valence-corrected chi connectivity index (χ1v) is 8.86. The van der Waals surface area contributed by atoms with Crippen LogP contribution >= 0.6 is 24.0 Å². The minimum atomic E-state index is -0.400. The van der Waals surface area contributed by atoms with Gasteiger partial charge in [0.15, 0.2) is 5.96 Å². The van der Waals surface area contributed by atoms with Crippen molar-refractivity contribution in [3.05, 3.63) is 69.8 Å². The molecule has 8 heteroatoms. The summed E-state index contributed by atoms with van der Waals surface area (Å²) in [5, 5.41) is 17.3. The predicted octanol–water partition coefficient (Wildman–Crippen LogP) is 4.11. The molecule has 2 N–H and O–H groups in total. The first-order valence-electron chi connectivity index (χ1n) is 8.86. The quantitative estimate of drug-likeness (QED) is 0.188. The second-order valence-corrected chi connectivity index (χ2v) is 6.56. The van der Waals surface area contributed by atoms with Gasteiger partial charge >= 0.3 is 0 Å². The number of hydrogen-bond acceptors (Lipinski definition) is 4. The number of aliphatic imine (C=N–C) groups is 1. The van der Waals surface area contributed by atoms with E-state index in [1.807, 2.05) is 24.3 Å². The molecule has 0 atom stereocenters. The lowest BCUT2D eigenvalue weighted by Crippen LogP contribution is -2.38. The monoisotopic (exact) mass is 498 g/mol. The predicted molar refractivity (Wildman–Crippen MR) is 122 cm³/mol. The number of nitro groups is 1. The molecule has 2 rings (SSSR count). The number of methoxy groups -OCH3 is 1. The van der Waals surface area contributed by atoms with Crippen LogP contribution in [0.3, 0.4) is 0 Å². The number of nitrogens with one attached hydrogen (secondary N) is 2. The summed E-state index contributed by atoms with van der Waals surface area (Å²) in [5.41, 5.74) is 2.12. The van der Waals surface area contributed by atoms with Gasteiger partial charge in [-0.25, -0.2) is 4.99 Å². The summed E-state index contributed by atoms with van der Waals surface area (Å²) < 4.78 is 5.17. The van der Waals surface area contributed by atoms with Gasteiger partial charge in [-0.2, -0.15) is 0 Å². The van der Waals surface area contributed by atoms with Gasteiger partial charge in [0.1, 0.15) is 5.75 Å². The summed E-state index contributed by atoms with van der Waals surface area (Å²) in [5.74, 6) is 2.01. The van der Waals surface area contributed by atoms with E-state index in [4.69, 9.17) is 4.74 Å². The highest BCUT2D eigenvalue weighted by atomic mass is 127. The number of nitrogens with zero attached hydrogens (tertiary/aromatic N) is 2. The molecule has 0 aliphatic carbocycles. The van der Waals surface area contributed by atoms with E-state index in [1.54, 1.807) is 19.2 Å². The second-order valence-electron chi connectivity index (χ2n) is 6.56. The third kappa shape index (κ3) is 8.12. The van der Waals surface area contributed by atoms with Crippen LogP contribution in [0.25, 0.3) is 0 Å². The molecule has 152 valence electrons. The molecule has 0 amide bonds. The maximum absolute atomic E-state index is 10.7. The third-order valence-corrected chi connectivity index (χ3v) is 3.86. The van der Waals surface area contributed by atoms with E-state index in [9.17, 15) is 10.1 Å². The Kier molecular flexibility index (Phi) is 10.3. The molecule has 0 unspecified atom stereocenters. The van der Waals surface area contributed by atoms with Crippen LogP contribution in [0.4, 0.5) is 5.69 Å². The van der Waals surface area contributed by atoms with Crippen LogP contribution < -0.4 is 15.4 Å². The van der Waals surface area contributed by atoms with Gasteiger partial charge in [-0.3, -0.25) is 10.1 Å². The Balaban J connectivity index is 0.00000392. The van der Waals surface area contributed by atoms with Crippen molar-refractivity contribution in [3.63, 3.8) is 0 Å². The molecular formula is C20H27IN4O3. The number of hydrogen-bond donors (Lipinski definition) is 2. The molecule has 0 aliphatic rings. The number of halogens is 1. The lowest BCUT2D eigenvalue weighted by molar-refractivity contribution is -0.384. The minimum absolute atomic E-state index is 0. The van der Waals surface area contributed by atoms with Crippen LogP contribution in [0.15, 0.2) is 53.5 Å². The van der Waals surface area contributed by atoms with Crippen LogP contribution in [0.5, 0.6) is 5.75 Å². The summed E-state index contributed by atoms with van der Waals surface area (Å²) in [6.07, 6.45) is 0. The molecule has 2 aromatic carbocycles. The average Bonchev–Trinajstić information content (AvgIpc) is 2.68. The smallest absolute Gasteiger partial charge is 0.269 e. The zero-order valence-corrected chi connectivity index (χ0v) is 18.7. The Morgan fingerprint density at radius 1 is 1.07 bits per heavy atom. The summed E-state index contributed by atoms with van der Waals surface area (Å²) in [7, 11) is 1.64. The molecule has 0 heterocycles. The molecule has 0 saturated heterocycles. The highest BCUT2D eigenvalue weighted by Gasteiger charge is 2.05. The maximum atomic E-state index is 10.7. The van der Waals surface area contributed by atoms with Gasteiger partial charge in [-0.1, -0.05) is 38.1 Å². The van der Waals surface area contributed by atoms with Crippen molar-refractivity contribution in [2.75, 3.05) is 13.7 Å². The molecule has 0 fully saturated rings. The van der Waals surface area contributed by atoms with Crippen LogP contribution in [0.1, 0.15) is 25.0 Å². The number of nitro benzene ring substituents is 1. The van der Waals surface area contributed by atoms with Crippen molar-refractivity contribution < 1.29 is 9.66 Å². The van der Waals surface area contributed by atoms with Gasteiger partial charge in [-0.05, 0) is 29.2 Å². The number of ether oxygens (including phenoxy) is 1. The lowest BCUT2D eigenvalue weighted by atomic mass is 10.2. The van der Waals surface area contributed by atoms with Crippen LogP contribution in [0.2, 0.25) is 0 Å². The lowest BCUT2D eigenvalue weighted by Gasteiger charge is -2.14. The summed E-state index contributed by atoms with van der Waals surface area (Å²) in [4.78, 5) is 15.0. The summed E-state index contributed by atoms with van der Waals surface area (Å²) in [6, 6.07) is 14.3. The number of guanidine groups is 1. The highest BCUT2D eigenvalue weighted by molar-refractivity contribution is 14.0. The molecule has 0 bridgehead atoms. The molecule has 0 aromatic heterocycles. The van der Waals surface area contributed by atoms with E-state index >= 15 is 0 Å². The van der Waals surface area contributed by atoms with Crippen LogP contribution in [-0.2, 0) is 13.1 Å². The molecular weight excluding hydrogens is 471 g/mol. The second kappa shape index (κ2) is 12.2. The highest BCUT2D eigenvalue weighted by Crippen LogP contribution is 2.13. The number of benzene rings is 2. The van der Waals surface area contributed by atoms with Crippen LogP contribution in [0, 0.1) is 16.0 Å². The number of non-ortho nitro benzene ring substituents is 1. The maximum Gasteiger partial charge on any atom is 0.269 e. The van der Waals surface area contributed by atoms with Crippen molar-refractivity contribution in [1.82, 2.24) is 10.6 Å². The zero-order chi connectivity index (χ0) is 19.6. The standard InChI is InChI=1S/C20H26N4O3.HI/c1-15(2)12-21-20(23-14-17-6-10-19(27-3)11-7-17)22-13-16-4-8-18(9-5-16)24(25)26;/h4-11,15H,12-14H2,1-3H3,(H2,21,22,23);1H. The van der Waals surface area contributed by atoms with Crippen molar-refractivity contribution in [1.29, 1.82) is 0 Å². The topological polar surface area (TPSA) is 88.8 Å². The Hall–Kier alpha value is -2.36. The van der Waals surface area contributed by atoms with Gasteiger partial charge in [0.05, 0.1) is 18.6 Å². The molecule has 0 aliphatic heterocycles. The van der Waals surface area contributed by atoms with Crippen LogP contribution in [-0.4, -0.2) is 24.5 Å². The van der Waals surface area contributed by atoms with Crippen molar-refractivity contribution in [2.45, 2.75) is 26.9 Å². The first kappa shape index (κ1) is 23.7. The molecule has 0 radical (unpaired) electrons. The van der Waals surface area contributed by atoms with Crippen molar-refractivity contribution >= 4 is 35.6 Å². The van der Waals surface area contributed by atoms with Gasteiger partial charge in [0.25, 0.3) is 5.69 Å². The van der Waals surface area contributed by atoms with Crippen molar-refractivity contribution in [3.8, 4) is 5.75 Å². The Labute approximate surface area is 182 Å². The summed E-state index contributed by atoms with van der Waals surface area (Å²) in [6.45, 7) is 6.13. The molecule has 2 aromatic rings. The average molecular weight is 498 g/mol. The molecule has 28 heavy (non-hydrogen) atoms. The normalized spacial score (nSPS) is 10.9. The van der Waals surface area contributed by atoms with Gasteiger partial charge in [0, 0.05) is 25.2 Å². The molecule has 0 spiro atoms. The zero-order valence-electron chi connectivity index (χ0n) is 16.3. The van der Waals surface area contributed by atoms with E-state index in [0.29, 0.717) is 25.0 Å². The third-order valence-electron chi connectivity index (χ3n) is 3.86. The summed E-state index contributed by atoms with van der Waals surface area (Å²) >= 11 is 0. The fourth-order valence-corrected chi connectivity index (χ4v) is 2.30. The Morgan fingerprint density at radius 3 is 2.21 bits per heavy atom. The molecule has 0 saturated carbocycles. The largest absolute Gasteiger partial charge is 0.497 e. The Morgan fingerprint density at radius 2 is 1.68 bits per heavy atom. The van der Waals surface area contributed by atoms with E-state index in [2.05, 4.69) is 29.5 Å². The van der Waals surface area contributed by atoms with E-state index in [0.717, 1.165) is 23.4 Å². The molecule has 7 nitrogen and oxygen atoms in total. The van der Waals surface area contributed by atoms with E-state index in [1.165, 1.54) is 12.1 Å². The van der Waals surface area contributed by atoms with Gasteiger partial charge < -0.3 is 15.4 Å². The fraction of sp³-hybridized carbons (Fsp3) is 0.350. The number of rotatable bonds is 8. The SMILES string of the molecule is COc1ccc(CN=C(NCc2ccc([N+](=O)[O-])cc2)NCC(C)C)cc1.I. The fourth-order valence-electron chi connectivity index (χ4n) is 2.30. The van der Waals surface area contributed by atoms with Gasteiger partial charge in [0.2, 0.25) is 0 Å². The van der Waals surface area contributed by atoms with E-state index in [-0.39, 0.29) is 29.7 Å². The minimum Gasteiger partial charge on any atom is -0.497 e. The first-order chi connectivity index (χ1) is 13.0. The Bertz CT molecular complexity index is 762. The van der Waals surface area contributed by atoms with E-state index < -0.39 is 4.92 Å². The van der Waals surface area contributed by atoms with Crippen molar-refractivity contribution in [2.24, 2.45) is 10.9 Å². The van der Waals surface area contributed by atoms with Gasteiger partial charge in [-0.15, -0.1) is 24.0 Å².